The van der Waals surface area contributed by atoms with Crippen molar-refractivity contribution >= 4 is 26.8 Å². The van der Waals surface area contributed by atoms with Crippen molar-refractivity contribution in [3.63, 3.8) is 0 Å². The minimum absolute atomic E-state index is 0.689. The second-order valence-electron chi connectivity index (χ2n) is 4.92. The van der Waals surface area contributed by atoms with Crippen LogP contribution in [0.3, 0.4) is 0 Å². The molecular formula is C17H17BrN2. The second-order valence-corrected chi connectivity index (χ2v) is 5.78. The highest BCUT2D eigenvalue weighted by atomic mass is 79.9. The van der Waals surface area contributed by atoms with Crippen LogP contribution >= 0.6 is 15.9 Å². The summed E-state index contributed by atoms with van der Waals surface area (Å²) in [6.07, 6.45) is 3.08. The summed E-state index contributed by atoms with van der Waals surface area (Å²) in [6.45, 7) is 1.56. The topological polar surface area (TPSA) is 30.9 Å². The largest absolute Gasteiger partial charge is 0.343 e. The van der Waals surface area contributed by atoms with Crippen LogP contribution in [-0.4, -0.2) is 11.1 Å². The van der Waals surface area contributed by atoms with Crippen molar-refractivity contribution in [3.05, 3.63) is 70.3 Å². The maximum absolute atomic E-state index is 5.69. The molecule has 0 amide bonds. The lowest BCUT2D eigenvalue weighted by Gasteiger charge is -2.08. The predicted molar refractivity (Wildman–Crippen MR) is 87.9 cm³/mol. The Balaban J connectivity index is 2.01. The number of halogens is 1. The molecule has 0 aliphatic carbocycles. The molecule has 3 rings (SSSR count). The van der Waals surface area contributed by atoms with Crippen molar-refractivity contribution in [2.24, 2.45) is 5.73 Å². The zero-order valence-corrected chi connectivity index (χ0v) is 12.8. The molecule has 2 aromatic carbocycles. The van der Waals surface area contributed by atoms with Gasteiger partial charge in [-0.3, -0.25) is 0 Å². The molecule has 0 aliphatic rings. The van der Waals surface area contributed by atoms with Crippen molar-refractivity contribution in [1.82, 2.24) is 4.57 Å². The molecule has 102 valence electrons. The van der Waals surface area contributed by atoms with Crippen LogP contribution in [0.5, 0.6) is 0 Å². The van der Waals surface area contributed by atoms with E-state index in [-0.39, 0.29) is 0 Å². The SMILES string of the molecule is NCCc1cccc2c1ccn2Cc1ccccc1Br. The van der Waals surface area contributed by atoms with E-state index in [2.05, 4.69) is 69.2 Å². The summed E-state index contributed by atoms with van der Waals surface area (Å²) in [5, 5.41) is 1.31. The first-order valence-electron chi connectivity index (χ1n) is 6.80. The molecule has 1 heterocycles. The fourth-order valence-corrected chi connectivity index (χ4v) is 3.02. The average Bonchev–Trinajstić information content (AvgIpc) is 2.86. The summed E-state index contributed by atoms with van der Waals surface area (Å²) in [7, 11) is 0. The van der Waals surface area contributed by atoms with Crippen LogP contribution < -0.4 is 5.73 Å². The summed E-state index contributed by atoms with van der Waals surface area (Å²) in [4.78, 5) is 0. The Morgan fingerprint density at radius 2 is 1.75 bits per heavy atom. The molecule has 2 nitrogen and oxygen atoms in total. The van der Waals surface area contributed by atoms with Crippen LogP contribution in [0.2, 0.25) is 0 Å². The third-order valence-corrected chi connectivity index (χ3v) is 4.39. The van der Waals surface area contributed by atoms with E-state index in [4.69, 9.17) is 5.73 Å². The zero-order valence-electron chi connectivity index (χ0n) is 11.2. The maximum Gasteiger partial charge on any atom is 0.0487 e. The predicted octanol–water partition coefficient (Wildman–Crippen LogP) is 3.95. The van der Waals surface area contributed by atoms with Crippen LogP contribution in [0.1, 0.15) is 11.1 Å². The molecule has 0 fully saturated rings. The van der Waals surface area contributed by atoms with Crippen LogP contribution in [0.4, 0.5) is 0 Å². The van der Waals surface area contributed by atoms with Gasteiger partial charge in [-0.2, -0.15) is 0 Å². The van der Waals surface area contributed by atoms with E-state index in [0.717, 1.165) is 17.4 Å². The van der Waals surface area contributed by atoms with Gasteiger partial charge in [-0.1, -0.05) is 46.3 Å². The third kappa shape index (κ3) is 2.51. The first kappa shape index (κ1) is 13.4. The van der Waals surface area contributed by atoms with E-state index in [1.165, 1.54) is 22.0 Å². The smallest absolute Gasteiger partial charge is 0.0487 e. The van der Waals surface area contributed by atoms with Crippen molar-refractivity contribution in [1.29, 1.82) is 0 Å². The van der Waals surface area contributed by atoms with Gasteiger partial charge in [-0.05, 0) is 42.3 Å². The van der Waals surface area contributed by atoms with E-state index in [1.54, 1.807) is 0 Å². The number of hydrogen-bond acceptors (Lipinski definition) is 1. The number of rotatable bonds is 4. The van der Waals surface area contributed by atoms with Crippen LogP contribution in [-0.2, 0) is 13.0 Å². The van der Waals surface area contributed by atoms with Gasteiger partial charge >= 0.3 is 0 Å². The molecule has 1 aromatic heterocycles. The molecule has 3 aromatic rings. The molecule has 0 bridgehead atoms. The summed E-state index contributed by atoms with van der Waals surface area (Å²) >= 11 is 3.62. The normalized spacial score (nSPS) is 11.1. The number of aromatic nitrogens is 1. The number of benzene rings is 2. The molecule has 0 radical (unpaired) electrons. The molecule has 2 N–H and O–H groups in total. The fourth-order valence-electron chi connectivity index (χ4n) is 2.61. The number of fused-ring (bicyclic) bond motifs is 1. The lowest BCUT2D eigenvalue weighted by Crippen LogP contribution is -2.03. The van der Waals surface area contributed by atoms with Gasteiger partial charge in [-0.25, -0.2) is 0 Å². The summed E-state index contributed by atoms with van der Waals surface area (Å²) in [5.41, 5.74) is 9.57. The van der Waals surface area contributed by atoms with Crippen molar-refractivity contribution in [2.45, 2.75) is 13.0 Å². The van der Waals surface area contributed by atoms with Gasteiger partial charge in [0.2, 0.25) is 0 Å². The van der Waals surface area contributed by atoms with Gasteiger partial charge in [-0.15, -0.1) is 0 Å². The van der Waals surface area contributed by atoms with Crippen molar-refractivity contribution in [2.75, 3.05) is 6.54 Å². The van der Waals surface area contributed by atoms with Gasteiger partial charge in [0, 0.05) is 28.1 Å². The van der Waals surface area contributed by atoms with Gasteiger partial charge in [0.1, 0.15) is 0 Å². The quantitative estimate of drug-likeness (QED) is 0.772. The highest BCUT2D eigenvalue weighted by molar-refractivity contribution is 9.10. The number of nitrogens with two attached hydrogens (primary N) is 1. The van der Waals surface area contributed by atoms with Crippen molar-refractivity contribution in [3.8, 4) is 0 Å². The van der Waals surface area contributed by atoms with Crippen LogP contribution in [0.25, 0.3) is 10.9 Å². The Labute approximate surface area is 127 Å². The van der Waals surface area contributed by atoms with Gasteiger partial charge in [0.25, 0.3) is 0 Å². The first-order chi connectivity index (χ1) is 9.79. The lowest BCUT2D eigenvalue weighted by molar-refractivity contribution is 0.833. The summed E-state index contributed by atoms with van der Waals surface area (Å²) in [6, 6.07) is 17.0. The molecule has 0 saturated carbocycles. The Kier molecular flexibility index (Phi) is 3.90. The molecule has 3 heteroatoms. The summed E-state index contributed by atoms with van der Waals surface area (Å²) in [5.74, 6) is 0. The standard InChI is InChI=1S/C17H17BrN2/c18-16-6-2-1-4-14(16)12-20-11-9-15-13(8-10-19)5-3-7-17(15)20/h1-7,9,11H,8,10,12,19H2. The van der Waals surface area contributed by atoms with Gasteiger partial charge in [0.15, 0.2) is 0 Å². The van der Waals surface area contributed by atoms with E-state index < -0.39 is 0 Å². The van der Waals surface area contributed by atoms with Gasteiger partial charge in [0.05, 0.1) is 0 Å². The van der Waals surface area contributed by atoms with E-state index >= 15 is 0 Å². The number of hydrogen-bond donors (Lipinski definition) is 1. The zero-order chi connectivity index (χ0) is 13.9. The second kappa shape index (κ2) is 5.81. The Morgan fingerprint density at radius 1 is 0.950 bits per heavy atom. The molecule has 0 atom stereocenters. The Morgan fingerprint density at radius 3 is 2.55 bits per heavy atom. The summed E-state index contributed by atoms with van der Waals surface area (Å²) < 4.78 is 3.44. The maximum atomic E-state index is 5.69. The minimum Gasteiger partial charge on any atom is -0.343 e. The van der Waals surface area contributed by atoms with Crippen molar-refractivity contribution < 1.29 is 0 Å². The first-order valence-corrected chi connectivity index (χ1v) is 7.59. The highest BCUT2D eigenvalue weighted by Crippen LogP contribution is 2.23. The van der Waals surface area contributed by atoms with Crippen LogP contribution in [0, 0.1) is 0 Å². The monoisotopic (exact) mass is 328 g/mol. The molecule has 0 unspecified atom stereocenters. The molecule has 0 spiro atoms. The minimum atomic E-state index is 0.689. The Hall–Kier alpha value is -1.58. The van der Waals surface area contributed by atoms with E-state index in [1.807, 2.05) is 6.07 Å². The lowest BCUT2D eigenvalue weighted by atomic mass is 10.1. The van der Waals surface area contributed by atoms with Gasteiger partial charge < -0.3 is 10.3 Å². The highest BCUT2D eigenvalue weighted by Gasteiger charge is 2.06. The number of nitrogens with zero attached hydrogens (tertiary/aromatic N) is 1. The molecular weight excluding hydrogens is 312 g/mol. The molecule has 20 heavy (non-hydrogen) atoms. The fraction of sp³-hybridized carbons (Fsp3) is 0.176. The van der Waals surface area contributed by atoms with Crippen LogP contribution in [0.15, 0.2) is 59.2 Å². The van der Waals surface area contributed by atoms with E-state index in [9.17, 15) is 0 Å². The molecule has 0 aliphatic heterocycles. The Bertz CT molecular complexity index is 731. The van der Waals surface area contributed by atoms with E-state index in [0.29, 0.717) is 6.54 Å². The third-order valence-electron chi connectivity index (χ3n) is 3.62. The average molecular weight is 329 g/mol. The molecule has 0 saturated heterocycles.